The highest BCUT2D eigenvalue weighted by Gasteiger charge is 2.30. The van der Waals surface area contributed by atoms with E-state index in [4.69, 9.17) is 0 Å². The van der Waals surface area contributed by atoms with Crippen molar-refractivity contribution in [3.05, 3.63) is 35.7 Å². The highest BCUT2D eigenvalue weighted by atomic mass is 32.2. The normalized spacial score (nSPS) is 16.8. The highest BCUT2D eigenvalue weighted by molar-refractivity contribution is 8.00. The fraction of sp³-hybridized carbons (Fsp3) is 0.526. The Balaban J connectivity index is 1.65. The Morgan fingerprint density at radius 1 is 1.18 bits per heavy atom. The lowest BCUT2D eigenvalue weighted by Crippen LogP contribution is -2.23. The molecule has 0 bridgehead atoms. The van der Waals surface area contributed by atoms with Crippen molar-refractivity contribution in [3.63, 3.8) is 0 Å². The van der Waals surface area contributed by atoms with Gasteiger partial charge >= 0.3 is 6.18 Å². The average molecular weight is 412 g/mol. The van der Waals surface area contributed by atoms with Gasteiger partial charge in [0.1, 0.15) is 5.82 Å². The standard InChI is InChI=1S/C19H23F3N4OS/c1-12(17(27)23-15-10-8-14(9-11-15)19(20,21)22)28-18-25-24-13(2)26(18)16-6-4-3-5-7-16/h8-12,16H,3-7H2,1-2H3,(H,23,27)/t12-/m0/s1. The molecule has 5 nitrogen and oxygen atoms in total. The lowest BCUT2D eigenvalue weighted by molar-refractivity contribution is -0.137. The number of hydrogen-bond acceptors (Lipinski definition) is 4. The summed E-state index contributed by atoms with van der Waals surface area (Å²) in [7, 11) is 0. The Kier molecular flexibility index (Phi) is 6.32. The van der Waals surface area contributed by atoms with Crippen LogP contribution in [0.25, 0.3) is 0 Å². The topological polar surface area (TPSA) is 59.8 Å². The van der Waals surface area contributed by atoms with Gasteiger partial charge < -0.3 is 9.88 Å². The smallest absolute Gasteiger partial charge is 0.325 e. The molecule has 1 atom stereocenters. The van der Waals surface area contributed by atoms with Crippen molar-refractivity contribution in [2.24, 2.45) is 0 Å². The average Bonchev–Trinajstić information content (AvgIpc) is 3.02. The summed E-state index contributed by atoms with van der Waals surface area (Å²) in [6.45, 7) is 3.66. The molecule has 1 aromatic carbocycles. The Hall–Kier alpha value is -2.03. The largest absolute Gasteiger partial charge is 0.416 e. The second-order valence-corrected chi connectivity index (χ2v) is 8.32. The summed E-state index contributed by atoms with van der Waals surface area (Å²) < 4.78 is 40.0. The van der Waals surface area contributed by atoms with Crippen LogP contribution in [0.4, 0.5) is 18.9 Å². The molecule has 1 fully saturated rings. The van der Waals surface area contributed by atoms with Crippen LogP contribution in [0.1, 0.15) is 56.5 Å². The van der Waals surface area contributed by atoms with Crippen LogP contribution in [-0.4, -0.2) is 25.9 Å². The number of nitrogens with one attached hydrogen (secondary N) is 1. The van der Waals surface area contributed by atoms with E-state index in [1.807, 2.05) is 6.92 Å². The van der Waals surface area contributed by atoms with Crippen molar-refractivity contribution in [2.75, 3.05) is 5.32 Å². The summed E-state index contributed by atoms with van der Waals surface area (Å²) in [6.07, 6.45) is 1.36. The first kappa shape index (κ1) is 20.7. The Morgan fingerprint density at radius 3 is 2.43 bits per heavy atom. The van der Waals surface area contributed by atoms with Crippen LogP contribution in [0.5, 0.6) is 0 Å². The van der Waals surface area contributed by atoms with Crippen molar-refractivity contribution < 1.29 is 18.0 Å². The van der Waals surface area contributed by atoms with Crippen molar-refractivity contribution in [1.82, 2.24) is 14.8 Å². The van der Waals surface area contributed by atoms with E-state index in [1.54, 1.807) is 6.92 Å². The lowest BCUT2D eigenvalue weighted by Gasteiger charge is -2.25. The Labute approximate surface area is 166 Å². The number of aromatic nitrogens is 3. The molecule has 2 aromatic rings. The predicted molar refractivity (Wildman–Crippen MR) is 102 cm³/mol. The van der Waals surface area contributed by atoms with Gasteiger partial charge in [-0.1, -0.05) is 31.0 Å². The quantitative estimate of drug-likeness (QED) is 0.683. The van der Waals surface area contributed by atoms with E-state index in [1.165, 1.54) is 43.2 Å². The summed E-state index contributed by atoms with van der Waals surface area (Å²) >= 11 is 1.32. The lowest BCUT2D eigenvalue weighted by atomic mass is 9.95. The molecule has 1 aliphatic carbocycles. The fourth-order valence-corrected chi connectivity index (χ4v) is 4.35. The van der Waals surface area contributed by atoms with Gasteiger partial charge in [-0.05, 0) is 51.0 Å². The third kappa shape index (κ3) is 4.87. The maximum absolute atomic E-state index is 12.6. The number of benzene rings is 1. The third-order valence-electron chi connectivity index (χ3n) is 4.91. The third-order valence-corrected chi connectivity index (χ3v) is 5.96. The zero-order valence-corrected chi connectivity index (χ0v) is 16.6. The van der Waals surface area contributed by atoms with Crippen LogP contribution in [0, 0.1) is 6.92 Å². The number of amides is 1. The van der Waals surface area contributed by atoms with Gasteiger partial charge in [0.05, 0.1) is 10.8 Å². The molecule has 152 valence electrons. The number of aryl methyl sites for hydroxylation is 1. The number of rotatable bonds is 5. The first-order chi connectivity index (χ1) is 13.3. The monoisotopic (exact) mass is 412 g/mol. The van der Waals surface area contributed by atoms with E-state index in [-0.39, 0.29) is 5.91 Å². The molecule has 0 unspecified atom stereocenters. The van der Waals surface area contributed by atoms with Crippen LogP contribution in [0.15, 0.2) is 29.4 Å². The van der Waals surface area contributed by atoms with Gasteiger partial charge in [-0.15, -0.1) is 10.2 Å². The number of carbonyl (C=O) groups is 1. The molecule has 0 radical (unpaired) electrons. The highest BCUT2D eigenvalue weighted by Crippen LogP contribution is 2.34. The Bertz CT molecular complexity index is 814. The summed E-state index contributed by atoms with van der Waals surface area (Å²) in [5.74, 6) is 0.547. The first-order valence-electron chi connectivity index (χ1n) is 9.32. The van der Waals surface area contributed by atoms with Gasteiger partial charge in [0, 0.05) is 11.7 Å². The van der Waals surface area contributed by atoms with E-state index < -0.39 is 17.0 Å². The van der Waals surface area contributed by atoms with Crippen molar-refractivity contribution in [1.29, 1.82) is 0 Å². The second-order valence-electron chi connectivity index (χ2n) is 7.02. The van der Waals surface area contributed by atoms with E-state index in [0.29, 0.717) is 16.9 Å². The molecule has 3 rings (SSSR count). The van der Waals surface area contributed by atoms with Crippen LogP contribution < -0.4 is 5.32 Å². The molecular weight excluding hydrogens is 389 g/mol. The maximum atomic E-state index is 12.6. The summed E-state index contributed by atoms with van der Waals surface area (Å²) in [6, 6.07) is 4.78. The molecule has 1 N–H and O–H groups in total. The zero-order valence-electron chi connectivity index (χ0n) is 15.8. The number of anilines is 1. The number of thioether (sulfide) groups is 1. The fourth-order valence-electron chi connectivity index (χ4n) is 3.39. The minimum atomic E-state index is -4.40. The van der Waals surface area contributed by atoms with Gasteiger partial charge in [-0.3, -0.25) is 4.79 Å². The number of carbonyl (C=O) groups excluding carboxylic acids is 1. The van der Waals surface area contributed by atoms with Gasteiger partial charge in [0.25, 0.3) is 0 Å². The molecule has 1 amide bonds. The minimum absolute atomic E-state index is 0.291. The molecular formula is C19H23F3N4OS. The molecule has 0 aliphatic heterocycles. The number of hydrogen-bond donors (Lipinski definition) is 1. The molecule has 9 heteroatoms. The van der Waals surface area contributed by atoms with Crippen LogP contribution in [0.2, 0.25) is 0 Å². The molecule has 0 spiro atoms. The van der Waals surface area contributed by atoms with Crippen LogP contribution in [0.3, 0.4) is 0 Å². The summed E-state index contributed by atoms with van der Waals surface area (Å²) in [5.41, 5.74) is -0.417. The van der Waals surface area contributed by atoms with E-state index in [2.05, 4.69) is 20.1 Å². The molecule has 1 saturated carbocycles. The molecule has 1 heterocycles. The molecule has 1 aliphatic rings. The van der Waals surface area contributed by atoms with Crippen LogP contribution >= 0.6 is 11.8 Å². The van der Waals surface area contributed by atoms with Crippen molar-refractivity contribution >= 4 is 23.4 Å². The van der Waals surface area contributed by atoms with Gasteiger partial charge in [-0.25, -0.2) is 0 Å². The number of alkyl halides is 3. The first-order valence-corrected chi connectivity index (χ1v) is 10.2. The van der Waals surface area contributed by atoms with Crippen molar-refractivity contribution in [3.8, 4) is 0 Å². The Morgan fingerprint density at radius 2 is 1.82 bits per heavy atom. The van der Waals surface area contributed by atoms with Gasteiger partial charge in [0.2, 0.25) is 5.91 Å². The molecule has 0 saturated heterocycles. The predicted octanol–water partition coefficient (Wildman–Crippen LogP) is 5.23. The van der Waals surface area contributed by atoms with E-state index in [9.17, 15) is 18.0 Å². The van der Waals surface area contributed by atoms with E-state index in [0.717, 1.165) is 30.8 Å². The van der Waals surface area contributed by atoms with Gasteiger partial charge in [0.15, 0.2) is 5.16 Å². The van der Waals surface area contributed by atoms with E-state index >= 15 is 0 Å². The maximum Gasteiger partial charge on any atom is 0.416 e. The SMILES string of the molecule is Cc1nnc(S[C@@H](C)C(=O)Nc2ccc(C(F)(F)F)cc2)n1C1CCCCC1. The molecule has 28 heavy (non-hydrogen) atoms. The van der Waals surface area contributed by atoms with Crippen LogP contribution in [-0.2, 0) is 11.0 Å². The number of halogens is 3. The molecule has 1 aromatic heterocycles. The van der Waals surface area contributed by atoms with Gasteiger partial charge in [-0.2, -0.15) is 13.2 Å². The second kappa shape index (κ2) is 8.55. The summed E-state index contributed by atoms with van der Waals surface area (Å²) in [5, 5.41) is 11.3. The zero-order chi connectivity index (χ0) is 20.3. The van der Waals surface area contributed by atoms with Crippen molar-refractivity contribution in [2.45, 2.75) is 68.6 Å². The number of nitrogens with zero attached hydrogens (tertiary/aromatic N) is 3. The minimum Gasteiger partial charge on any atom is -0.325 e. The summed E-state index contributed by atoms with van der Waals surface area (Å²) in [4.78, 5) is 12.5.